The largest absolute Gasteiger partial charge is 0.356 e. The summed E-state index contributed by atoms with van der Waals surface area (Å²) in [6.07, 6.45) is 3.67. The zero-order valence-corrected chi connectivity index (χ0v) is 18.1. The number of carbonyl (C=O) groups excluding carboxylic acids is 2. The van der Waals surface area contributed by atoms with Gasteiger partial charge in [0.1, 0.15) is 29.0 Å². The van der Waals surface area contributed by atoms with Crippen molar-refractivity contribution in [1.82, 2.24) is 14.3 Å². The summed E-state index contributed by atoms with van der Waals surface area (Å²) < 4.78 is 1.47. The number of pyridine rings is 1. The van der Waals surface area contributed by atoms with Crippen LogP contribution in [0.25, 0.3) is 5.65 Å². The predicted molar refractivity (Wildman–Crippen MR) is 123 cm³/mol. The molecule has 33 heavy (non-hydrogen) atoms. The molecule has 2 atom stereocenters. The molecule has 3 aromatic rings. The number of anilines is 2. The van der Waals surface area contributed by atoms with Crippen LogP contribution in [0.15, 0.2) is 64.6 Å². The number of nitrogens with zero attached hydrogens (tertiary/aromatic N) is 6. The van der Waals surface area contributed by atoms with E-state index in [0.717, 1.165) is 30.8 Å². The van der Waals surface area contributed by atoms with Crippen LogP contribution in [0.4, 0.5) is 11.5 Å². The number of para-hydroxylation sites is 1. The Balaban J connectivity index is 1.62. The second-order valence-corrected chi connectivity index (χ2v) is 8.56. The summed E-state index contributed by atoms with van der Waals surface area (Å²) in [4.78, 5) is 48.1. The Kier molecular flexibility index (Phi) is 4.33. The number of hydrogen-bond donors (Lipinski definition) is 0. The molecule has 0 unspecified atom stereocenters. The van der Waals surface area contributed by atoms with E-state index >= 15 is 0 Å². The van der Waals surface area contributed by atoms with Crippen molar-refractivity contribution >= 4 is 34.7 Å². The molecular weight excluding hydrogens is 420 g/mol. The molecule has 5 heterocycles. The normalized spacial score (nSPS) is 22.5. The third kappa shape index (κ3) is 2.81. The van der Waals surface area contributed by atoms with Crippen LogP contribution in [0.3, 0.4) is 0 Å². The predicted octanol–water partition coefficient (Wildman–Crippen LogP) is 1.50. The highest BCUT2D eigenvalue weighted by Gasteiger charge is 2.56. The van der Waals surface area contributed by atoms with Gasteiger partial charge in [-0.15, -0.1) is 0 Å². The molecule has 1 aromatic carbocycles. The summed E-state index contributed by atoms with van der Waals surface area (Å²) in [5.41, 5.74) is 1.55. The zero-order valence-electron chi connectivity index (χ0n) is 18.1. The number of imide groups is 1. The summed E-state index contributed by atoms with van der Waals surface area (Å²) in [7, 11) is 1.48. The maximum Gasteiger partial charge on any atom is 0.269 e. The standard InChI is InChI=1S/C24H22N6O3/c1-27-22(31)17-19(26-30(20(17)24(27)33)15-9-3-2-4-10-15)18-21(28-12-7-8-13-28)25-16-11-5-6-14-29(16)23(18)32/h2-6,9-11,14,17,20H,7-8,12-13H2,1H3/t17-,20+/m1/s1. The van der Waals surface area contributed by atoms with Gasteiger partial charge in [-0.1, -0.05) is 24.3 Å². The fraction of sp³-hybridized carbons (Fsp3) is 0.292. The van der Waals surface area contributed by atoms with Crippen LogP contribution in [0.1, 0.15) is 18.4 Å². The van der Waals surface area contributed by atoms with Crippen LogP contribution in [0, 0.1) is 5.92 Å². The molecule has 2 fully saturated rings. The Morgan fingerprint density at radius 3 is 2.39 bits per heavy atom. The second-order valence-electron chi connectivity index (χ2n) is 8.56. The van der Waals surface area contributed by atoms with E-state index in [0.29, 0.717) is 28.4 Å². The van der Waals surface area contributed by atoms with Crippen molar-refractivity contribution in [3.8, 4) is 0 Å². The molecule has 0 spiro atoms. The molecule has 2 aromatic heterocycles. The number of rotatable bonds is 3. The third-order valence-corrected chi connectivity index (χ3v) is 6.67. The van der Waals surface area contributed by atoms with Crippen LogP contribution in [0.5, 0.6) is 0 Å². The van der Waals surface area contributed by atoms with Gasteiger partial charge in [0.15, 0.2) is 0 Å². The van der Waals surface area contributed by atoms with E-state index in [4.69, 9.17) is 10.1 Å². The topological polar surface area (TPSA) is 90.6 Å². The lowest BCUT2D eigenvalue weighted by atomic mass is 9.93. The van der Waals surface area contributed by atoms with E-state index in [1.54, 1.807) is 23.3 Å². The minimum absolute atomic E-state index is 0.287. The van der Waals surface area contributed by atoms with Crippen LogP contribution >= 0.6 is 0 Å². The van der Waals surface area contributed by atoms with Gasteiger partial charge in [-0.25, -0.2) is 4.98 Å². The summed E-state index contributed by atoms with van der Waals surface area (Å²) in [6, 6.07) is 13.8. The van der Waals surface area contributed by atoms with Gasteiger partial charge < -0.3 is 4.90 Å². The number of likely N-dealkylation sites (N-methyl/N-ethyl adjacent to an activating group) is 1. The smallest absolute Gasteiger partial charge is 0.269 e. The Morgan fingerprint density at radius 1 is 0.909 bits per heavy atom. The lowest BCUT2D eigenvalue weighted by molar-refractivity contribution is -0.137. The molecule has 0 radical (unpaired) electrons. The molecule has 9 heteroatoms. The van der Waals surface area contributed by atoms with Gasteiger partial charge in [-0.05, 0) is 37.1 Å². The molecule has 2 amide bonds. The van der Waals surface area contributed by atoms with E-state index in [2.05, 4.69) is 4.90 Å². The van der Waals surface area contributed by atoms with Crippen LogP contribution in [-0.4, -0.2) is 58.0 Å². The van der Waals surface area contributed by atoms with Gasteiger partial charge in [0.05, 0.1) is 11.4 Å². The number of aromatic nitrogens is 2. The number of fused-ring (bicyclic) bond motifs is 2. The maximum absolute atomic E-state index is 13.8. The molecule has 3 aliphatic rings. The van der Waals surface area contributed by atoms with E-state index in [1.165, 1.54) is 11.4 Å². The highest BCUT2D eigenvalue weighted by Crippen LogP contribution is 2.38. The van der Waals surface area contributed by atoms with Gasteiger partial charge in [0.25, 0.3) is 11.5 Å². The van der Waals surface area contributed by atoms with Gasteiger partial charge in [-0.2, -0.15) is 5.10 Å². The first-order chi connectivity index (χ1) is 16.1. The molecule has 6 rings (SSSR count). The molecule has 3 aliphatic heterocycles. The van der Waals surface area contributed by atoms with Crippen molar-refractivity contribution < 1.29 is 9.59 Å². The van der Waals surface area contributed by atoms with E-state index in [9.17, 15) is 14.4 Å². The third-order valence-electron chi connectivity index (χ3n) is 6.67. The first-order valence-corrected chi connectivity index (χ1v) is 11.1. The van der Waals surface area contributed by atoms with Crippen molar-refractivity contribution in [3.05, 3.63) is 70.6 Å². The number of likely N-dealkylation sites (tertiary alicyclic amines) is 1. The van der Waals surface area contributed by atoms with Crippen LogP contribution < -0.4 is 15.5 Å². The highest BCUT2D eigenvalue weighted by atomic mass is 16.2. The highest BCUT2D eigenvalue weighted by molar-refractivity contribution is 6.26. The SMILES string of the molecule is CN1C(=O)[C@@H]2C(c3c(N4CCCC4)nc4ccccn4c3=O)=NN(c3ccccc3)[C@@H]2C1=O. The molecule has 9 nitrogen and oxygen atoms in total. The molecular formula is C24H22N6O3. The van der Waals surface area contributed by atoms with Crippen molar-refractivity contribution in [1.29, 1.82) is 0 Å². The first kappa shape index (κ1) is 19.7. The Bertz CT molecular complexity index is 1380. The second kappa shape index (κ2) is 7.26. The van der Waals surface area contributed by atoms with Gasteiger partial charge >= 0.3 is 0 Å². The van der Waals surface area contributed by atoms with Crippen molar-refractivity contribution in [2.75, 3.05) is 30.0 Å². The van der Waals surface area contributed by atoms with E-state index in [1.807, 2.05) is 36.4 Å². The van der Waals surface area contributed by atoms with Crippen LogP contribution in [-0.2, 0) is 9.59 Å². The minimum Gasteiger partial charge on any atom is -0.356 e. The maximum atomic E-state index is 13.8. The van der Waals surface area contributed by atoms with Crippen molar-refractivity contribution in [2.24, 2.45) is 11.0 Å². The quantitative estimate of drug-likeness (QED) is 0.571. The van der Waals surface area contributed by atoms with Crippen molar-refractivity contribution in [3.63, 3.8) is 0 Å². The summed E-state index contributed by atoms with van der Waals surface area (Å²) in [5, 5.41) is 6.33. The van der Waals surface area contributed by atoms with E-state index < -0.39 is 12.0 Å². The number of benzene rings is 1. The molecule has 0 bridgehead atoms. The number of hydrazone groups is 1. The first-order valence-electron chi connectivity index (χ1n) is 11.1. The Hall–Kier alpha value is -4.01. The Morgan fingerprint density at radius 2 is 1.64 bits per heavy atom. The van der Waals surface area contributed by atoms with E-state index in [-0.39, 0.29) is 17.4 Å². The average molecular weight is 442 g/mol. The summed E-state index contributed by atoms with van der Waals surface area (Å²) in [6.45, 7) is 1.55. The lowest BCUT2D eigenvalue weighted by Crippen LogP contribution is -2.38. The molecule has 0 saturated carbocycles. The van der Waals surface area contributed by atoms with Crippen molar-refractivity contribution in [2.45, 2.75) is 18.9 Å². The molecule has 0 N–H and O–H groups in total. The van der Waals surface area contributed by atoms with Crippen LogP contribution in [0.2, 0.25) is 0 Å². The number of carbonyl (C=O) groups is 2. The zero-order chi connectivity index (χ0) is 22.7. The fourth-order valence-corrected chi connectivity index (χ4v) is 5.01. The fourth-order valence-electron chi connectivity index (χ4n) is 5.01. The summed E-state index contributed by atoms with van der Waals surface area (Å²) >= 11 is 0. The number of amides is 2. The summed E-state index contributed by atoms with van der Waals surface area (Å²) in [5.74, 6) is -1.01. The van der Waals surface area contributed by atoms with Gasteiger partial charge in [-0.3, -0.25) is 28.7 Å². The monoisotopic (exact) mass is 442 g/mol. The lowest BCUT2D eigenvalue weighted by Gasteiger charge is -2.21. The van der Waals surface area contributed by atoms with Gasteiger partial charge in [0, 0.05) is 26.3 Å². The van der Waals surface area contributed by atoms with Gasteiger partial charge in [0.2, 0.25) is 5.91 Å². The minimum atomic E-state index is -0.861. The molecule has 2 saturated heterocycles. The average Bonchev–Trinajstić information content (AvgIpc) is 3.56. The number of hydrogen-bond acceptors (Lipinski definition) is 7. The molecule has 166 valence electrons. The molecule has 0 aliphatic carbocycles. The Labute approximate surface area is 189 Å².